The molecule has 2 aromatic carbocycles. The largest absolute Gasteiger partial charge is 0.371 e. The molecule has 1 saturated heterocycles. The highest BCUT2D eigenvalue weighted by Crippen LogP contribution is 2.28. The molecule has 0 bridgehead atoms. The highest BCUT2D eigenvalue weighted by atomic mass is 16.2. The second kappa shape index (κ2) is 8.78. The third-order valence-corrected chi connectivity index (χ3v) is 4.76. The molecule has 2 aromatic rings. The summed E-state index contributed by atoms with van der Waals surface area (Å²) in [6.07, 6.45) is 2.26. The van der Waals surface area contributed by atoms with Crippen molar-refractivity contribution in [2.75, 3.05) is 28.6 Å². The number of rotatable bonds is 5. The van der Waals surface area contributed by atoms with Gasteiger partial charge in [0.05, 0.1) is 5.56 Å². The third kappa shape index (κ3) is 4.82. The molecule has 1 fully saturated rings. The molecular formula is C22H28N4O2. The summed E-state index contributed by atoms with van der Waals surface area (Å²) in [5.74, 6) is -0.125. The minimum Gasteiger partial charge on any atom is -0.371 e. The molecule has 0 aliphatic carbocycles. The number of anilines is 3. The van der Waals surface area contributed by atoms with Crippen LogP contribution < -0.4 is 20.9 Å². The lowest BCUT2D eigenvalue weighted by Gasteiger charge is -2.22. The molecule has 1 aliphatic heterocycles. The number of amides is 3. The quantitative estimate of drug-likeness (QED) is 0.721. The Morgan fingerprint density at radius 1 is 1.00 bits per heavy atom. The first kappa shape index (κ1) is 19.7. The fourth-order valence-electron chi connectivity index (χ4n) is 3.37. The molecular weight excluding hydrogens is 352 g/mol. The van der Waals surface area contributed by atoms with Crippen molar-refractivity contribution in [1.82, 2.24) is 5.32 Å². The van der Waals surface area contributed by atoms with E-state index in [0.717, 1.165) is 42.9 Å². The molecule has 148 valence electrons. The molecule has 3 amide bonds. The number of nitrogens with zero attached hydrogens (tertiary/aromatic N) is 1. The zero-order valence-corrected chi connectivity index (χ0v) is 16.7. The molecule has 28 heavy (non-hydrogen) atoms. The molecule has 3 rings (SSSR count). The summed E-state index contributed by atoms with van der Waals surface area (Å²) >= 11 is 0. The maximum Gasteiger partial charge on any atom is 0.323 e. The highest BCUT2D eigenvalue weighted by Gasteiger charge is 2.21. The first-order valence-corrected chi connectivity index (χ1v) is 9.77. The molecule has 0 spiro atoms. The topological polar surface area (TPSA) is 73.5 Å². The maximum absolute atomic E-state index is 12.7. The standard InChI is InChI=1S/C22H28N4O2/c1-15(2)23-21(27)18-14-17(10-11-20(18)26-12-6-7-13-26)24-22(28)25-19-9-5-4-8-16(19)3/h4-5,8-11,14-15H,6-7,12-13H2,1-3H3,(H,23,27)(H2,24,25,28). The van der Waals surface area contributed by atoms with E-state index >= 15 is 0 Å². The Hall–Kier alpha value is -3.02. The summed E-state index contributed by atoms with van der Waals surface area (Å²) in [5.41, 5.74) is 3.83. The second-order valence-electron chi connectivity index (χ2n) is 7.45. The molecule has 3 N–H and O–H groups in total. The summed E-state index contributed by atoms with van der Waals surface area (Å²) < 4.78 is 0. The average molecular weight is 380 g/mol. The van der Waals surface area contributed by atoms with Crippen LogP contribution in [0.4, 0.5) is 21.9 Å². The number of carbonyl (C=O) groups is 2. The van der Waals surface area contributed by atoms with Crippen LogP contribution in [0.2, 0.25) is 0 Å². The monoisotopic (exact) mass is 380 g/mol. The third-order valence-electron chi connectivity index (χ3n) is 4.76. The Morgan fingerprint density at radius 2 is 1.71 bits per heavy atom. The smallest absolute Gasteiger partial charge is 0.323 e. The van der Waals surface area contributed by atoms with Gasteiger partial charge in [0, 0.05) is 36.2 Å². The molecule has 1 heterocycles. The van der Waals surface area contributed by atoms with Crippen molar-refractivity contribution < 1.29 is 9.59 Å². The Labute approximate surface area is 166 Å². The van der Waals surface area contributed by atoms with Crippen molar-refractivity contribution in [1.29, 1.82) is 0 Å². The number of urea groups is 1. The number of hydrogen-bond donors (Lipinski definition) is 3. The molecule has 0 atom stereocenters. The van der Waals surface area contributed by atoms with Gasteiger partial charge in [0.1, 0.15) is 0 Å². The van der Waals surface area contributed by atoms with E-state index in [4.69, 9.17) is 0 Å². The summed E-state index contributed by atoms with van der Waals surface area (Å²) in [4.78, 5) is 27.4. The summed E-state index contributed by atoms with van der Waals surface area (Å²) in [6.45, 7) is 7.70. The van der Waals surface area contributed by atoms with Gasteiger partial charge in [-0.15, -0.1) is 0 Å². The fourth-order valence-corrected chi connectivity index (χ4v) is 3.37. The van der Waals surface area contributed by atoms with Crippen molar-refractivity contribution >= 4 is 29.0 Å². The number of para-hydroxylation sites is 1. The van der Waals surface area contributed by atoms with Crippen molar-refractivity contribution in [2.45, 2.75) is 39.7 Å². The Morgan fingerprint density at radius 3 is 2.39 bits per heavy atom. The van der Waals surface area contributed by atoms with Crippen LogP contribution in [-0.2, 0) is 0 Å². The van der Waals surface area contributed by atoms with Gasteiger partial charge in [0.15, 0.2) is 0 Å². The highest BCUT2D eigenvalue weighted by molar-refractivity contribution is 6.04. The first-order chi connectivity index (χ1) is 13.4. The van der Waals surface area contributed by atoms with Gasteiger partial charge in [0.25, 0.3) is 5.91 Å². The van der Waals surface area contributed by atoms with Gasteiger partial charge in [-0.3, -0.25) is 4.79 Å². The number of carbonyl (C=O) groups excluding carboxylic acids is 2. The summed E-state index contributed by atoms with van der Waals surface area (Å²) in [6, 6.07) is 12.8. The Kier molecular flexibility index (Phi) is 6.19. The van der Waals surface area contributed by atoms with Crippen molar-refractivity contribution in [3.05, 3.63) is 53.6 Å². The second-order valence-corrected chi connectivity index (χ2v) is 7.45. The van der Waals surface area contributed by atoms with Gasteiger partial charge in [0.2, 0.25) is 0 Å². The van der Waals surface area contributed by atoms with E-state index in [0.29, 0.717) is 11.3 Å². The minimum atomic E-state index is -0.335. The molecule has 0 saturated carbocycles. The molecule has 0 unspecified atom stereocenters. The lowest BCUT2D eigenvalue weighted by atomic mass is 10.1. The maximum atomic E-state index is 12.7. The lowest BCUT2D eigenvalue weighted by molar-refractivity contribution is 0.0943. The van der Waals surface area contributed by atoms with E-state index in [-0.39, 0.29) is 18.0 Å². The van der Waals surface area contributed by atoms with Gasteiger partial charge in [-0.2, -0.15) is 0 Å². The van der Waals surface area contributed by atoms with Crippen molar-refractivity contribution in [3.8, 4) is 0 Å². The Bertz CT molecular complexity index is 857. The van der Waals surface area contributed by atoms with Gasteiger partial charge in [-0.1, -0.05) is 18.2 Å². The number of nitrogens with one attached hydrogen (secondary N) is 3. The van der Waals surface area contributed by atoms with E-state index in [1.54, 1.807) is 6.07 Å². The van der Waals surface area contributed by atoms with E-state index in [9.17, 15) is 9.59 Å². The van der Waals surface area contributed by atoms with Crippen LogP contribution in [0.5, 0.6) is 0 Å². The minimum absolute atomic E-state index is 0.0416. The fraction of sp³-hybridized carbons (Fsp3) is 0.364. The van der Waals surface area contributed by atoms with Gasteiger partial charge in [-0.25, -0.2) is 4.79 Å². The molecule has 6 heteroatoms. The molecule has 0 aromatic heterocycles. The predicted octanol–water partition coefficient (Wildman–Crippen LogP) is 4.38. The normalized spacial score (nSPS) is 13.5. The van der Waals surface area contributed by atoms with Crippen LogP contribution in [0.1, 0.15) is 42.6 Å². The first-order valence-electron chi connectivity index (χ1n) is 9.77. The van der Waals surface area contributed by atoms with Gasteiger partial charge in [-0.05, 0) is 63.4 Å². The van der Waals surface area contributed by atoms with E-state index in [1.807, 2.05) is 57.2 Å². The van der Waals surface area contributed by atoms with Crippen molar-refractivity contribution in [2.24, 2.45) is 0 Å². The van der Waals surface area contributed by atoms with Gasteiger partial charge < -0.3 is 20.9 Å². The zero-order valence-electron chi connectivity index (χ0n) is 16.7. The van der Waals surface area contributed by atoms with Crippen LogP contribution in [0, 0.1) is 6.92 Å². The average Bonchev–Trinajstić information content (AvgIpc) is 3.17. The lowest BCUT2D eigenvalue weighted by Crippen LogP contribution is -2.32. The number of benzene rings is 2. The van der Waals surface area contributed by atoms with E-state index in [2.05, 4.69) is 20.9 Å². The predicted molar refractivity (Wildman–Crippen MR) is 114 cm³/mol. The van der Waals surface area contributed by atoms with Crippen LogP contribution in [0.25, 0.3) is 0 Å². The van der Waals surface area contributed by atoms with E-state index < -0.39 is 0 Å². The van der Waals surface area contributed by atoms with Crippen molar-refractivity contribution in [3.63, 3.8) is 0 Å². The van der Waals surface area contributed by atoms with Crippen LogP contribution in [0.3, 0.4) is 0 Å². The molecule has 1 aliphatic rings. The van der Waals surface area contributed by atoms with Gasteiger partial charge >= 0.3 is 6.03 Å². The van der Waals surface area contributed by atoms with Crippen LogP contribution in [0.15, 0.2) is 42.5 Å². The Balaban J connectivity index is 1.80. The number of hydrogen-bond acceptors (Lipinski definition) is 3. The summed E-state index contributed by atoms with van der Waals surface area (Å²) in [7, 11) is 0. The van der Waals surface area contributed by atoms with Crippen LogP contribution >= 0.6 is 0 Å². The van der Waals surface area contributed by atoms with Crippen LogP contribution in [-0.4, -0.2) is 31.1 Å². The van der Waals surface area contributed by atoms with E-state index in [1.165, 1.54) is 0 Å². The summed E-state index contributed by atoms with van der Waals surface area (Å²) in [5, 5.41) is 8.64. The SMILES string of the molecule is Cc1ccccc1NC(=O)Nc1ccc(N2CCCC2)c(C(=O)NC(C)C)c1. The zero-order chi connectivity index (χ0) is 20.1. The molecule has 0 radical (unpaired) electrons. The number of aryl methyl sites for hydroxylation is 1. The molecule has 6 nitrogen and oxygen atoms in total.